The summed E-state index contributed by atoms with van der Waals surface area (Å²) in [6.07, 6.45) is 2.07. The van der Waals surface area contributed by atoms with Crippen LogP contribution in [0.2, 0.25) is 0 Å². The SMILES string of the molecule is CCc1cccnc1NC(=O)[C@@H](OC)C(C)C. The quantitative estimate of drug-likeness (QED) is 0.853. The van der Waals surface area contributed by atoms with Gasteiger partial charge in [-0.15, -0.1) is 0 Å². The largest absolute Gasteiger partial charge is 0.371 e. The van der Waals surface area contributed by atoms with E-state index in [1.807, 2.05) is 32.9 Å². The zero-order valence-corrected chi connectivity index (χ0v) is 10.9. The van der Waals surface area contributed by atoms with Crippen LogP contribution in [-0.4, -0.2) is 24.1 Å². The molecule has 1 amide bonds. The molecule has 0 radical (unpaired) electrons. The van der Waals surface area contributed by atoms with Gasteiger partial charge in [0.2, 0.25) is 0 Å². The number of ether oxygens (including phenoxy) is 1. The minimum atomic E-state index is -0.443. The second-order valence-electron chi connectivity index (χ2n) is 4.25. The lowest BCUT2D eigenvalue weighted by Gasteiger charge is -2.18. The lowest BCUT2D eigenvalue weighted by atomic mass is 10.1. The number of hydrogen-bond acceptors (Lipinski definition) is 3. The van der Waals surface area contributed by atoms with E-state index in [0.29, 0.717) is 5.82 Å². The number of rotatable bonds is 5. The van der Waals surface area contributed by atoms with Gasteiger partial charge >= 0.3 is 0 Å². The van der Waals surface area contributed by atoms with Crippen molar-refractivity contribution in [3.05, 3.63) is 23.9 Å². The Kier molecular flexibility index (Phi) is 5.10. The van der Waals surface area contributed by atoms with Crippen molar-refractivity contribution in [3.63, 3.8) is 0 Å². The van der Waals surface area contributed by atoms with E-state index in [2.05, 4.69) is 10.3 Å². The summed E-state index contributed by atoms with van der Waals surface area (Å²) in [5.74, 6) is 0.618. The second kappa shape index (κ2) is 6.35. The molecular formula is C13H20N2O2. The molecule has 0 bridgehead atoms. The van der Waals surface area contributed by atoms with Crippen molar-refractivity contribution in [1.82, 2.24) is 4.98 Å². The van der Waals surface area contributed by atoms with Crippen molar-refractivity contribution in [2.75, 3.05) is 12.4 Å². The molecule has 0 saturated carbocycles. The molecule has 1 aromatic rings. The lowest BCUT2D eigenvalue weighted by molar-refractivity contribution is -0.128. The molecule has 0 fully saturated rings. The van der Waals surface area contributed by atoms with Crippen LogP contribution >= 0.6 is 0 Å². The molecular weight excluding hydrogens is 216 g/mol. The monoisotopic (exact) mass is 236 g/mol. The molecule has 1 atom stereocenters. The predicted molar refractivity (Wildman–Crippen MR) is 67.9 cm³/mol. The topological polar surface area (TPSA) is 51.2 Å². The summed E-state index contributed by atoms with van der Waals surface area (Å²) in [7, 11) is 1.55. The van der Waals surface area contributed by atoms with Crippen molar-refractivity contribution in [2.24, 2.45) is 5.92 Å². The molecule has 4 nitrogen and oxygen atoms in total. The first-order valence-corrected chi connectivity index (χ1v) is 5.87. The fourth-order valence-corrected chi connectivity index (χ4v) is 1.71. The van der Waals surface area contributed by atoms with Gasteiger partial charge in [-0.1, -0.05) is 26.8 Å². The highest BCUT2D eigenvalue weighted by atomic mass is 16.5. The maximum atomic E-state index is 12.0. The molecule has 0 unspecified atom stereocenters. The molecule has 1 N–H and O–H groups in total. The fourth-order valence-electron chi connectivity index (χ4n) is 1.71. The van der Waals surface area contributed by atoms with Crippen LogP contribution in [0.15, 0.2) is 18.3 Å². The Morgan fingerprint density at radius 3 is 2.76 bits per heavy atom. The molecule has 17 heavy (non-hydrogen) atoms. The van der Waals surface area contributed by atoms with Crippen LogP contribution in [0.25, 0.3) is 0 Å². The Balaban J connectivity index is 2.80. The molecule has 0 aliphatic heterocycles. The first kappa shape index (κ1) is 13.6. The highest BCUT2D eigenvalue weighted by molar-refractivity contribution is 5.94. The molecule has 0 aliphatic carbocycles. The number of methoxy groups -OCH3 is 1. The van der Waals surface area contributed by atoms with Gasteiger partial charge in [-0.3, -0.25) is 4.79 Å². The summed E-state index contributed by atoms with van der Waals surface area (Å²) in [6, 6.07) is 3.82. The van der Waals surface area contributed by atoms with Crippen molar-refractivity contribution < 1.29 is 9.53 Å². The van der Waals surface area contributed by atoms with E-state index in [9.17, 15) is 4.79 Å². The molecule has 1 aromatic heterocycles. The molecule has 0 aromatic carbocycles. The average molecular weight is 236 g/mol. The molecule has 1 rings (SSSR count). The standard InChI is InChI=1S/C13H20N2O2/c1-5-10-7-6-8-14-12(10)15-13(16)11(17-4)9(2)3/h6-9,11H,5H2,1-4H3,(H,14,15,16)/t11-/m0/s1. The van der Waals surface area contributed by atoms with E-state index in [1.54, 1.807) is 13.3 Å². The number of carbonyl (C=O) groups is 1. The van der Waals surface area contributed by atoms with E-state index < -0.39 is 6.10 Å². The van der Waals surface area contributed by atoms with Crippen LogP contribution in [0.1, 0.15) is 26.3 Å². The summed E-state index contributed by atoms with van der Waals surface area (Å²) in [5.41, 5.74) is 1.03. The van der Waals surface area contributed by atoms with E-state index in [-0.39, 0.29) is 11.8 Å². The maximum Gasteiger partial charge on any atom is 0.254 e. The van der Waals surface area contributed by atoms with Crippen LogP contribution in [0.5, 0.6) is 0 Å². The lowest BCUT2D eigenvalue weighted by Crippen LogP contribution is -2.34. The second-order valence-corrected chi connectivity index (χ2v) is 4.25. The number of amides is 1. The Labute approximate surface area is 102 Å². The average Bonchev–Trinajstić information content (AvgIpc) is 2.30. The zero-order chi connectivity index (χ0) is 12.8. The summed E-state index contributed by atoms with van der Waals surface area (Å²) in [5, 5.41) is 2.82. The molecule has 1 heterocycles. The Bertz CT molecular complexity index is 377. The van der Waals surface area contributed by atoms with Gasteiger partial charge in [0.1, 0.15) is 11.9 Å². The number of aryl methyl sites for hydroxylation is 1. The van der Waals surface area contributed by atoms with Gasteiger partial charge < -0.3 is 10.1 Å². The summed E-state index contributed by atoms with van der Waals surface area (Å²) >= 11 is 0. The Morgan fingerprint density at radius 2 is 2.24 bits per heavy atom. The highest BCUT2D eigenvalue weighted by Crippen LogP contribution is 2.14. The van der Waals surface area contributed by atoms with Gasteiger partial charge in [-0.2, -0.15) is 0 Å². The van der Waals surface area contributed by atoms with Gasteiger partial charge in [-0.05, 0) is 24.0 Å². The fraction of sp³-hybridized carbons (Fsp3) is 0.538. The maximum absolute atomic E-state index is 12.0. The number of carbonyl (C=O) groups excluding carboxylic acids is 1. The summed E-state index contributed by atoms with van der Waals surface area (Å²) < 4.78 is 5.18. The Hall–Kier alpha value is -1.42. The van der Waals surface area contributed by atoms with E-state index >= 15 is 0 Å². The third-order valence-corrected chi connectivity index (χ3v) is 2.63. The number of nitrogens with one attached hydrogen (secondary N) is 1. The molecule has 0 saturated heterocycles. The van der Waals surface area contributed by atoms with Gasteiger partial charge in [0.05, 0.1) is 0 Å². The molecule has 0 spiro atoms. The van der Waals surface area contributed by atoms with Gasteiger partial charge in [0, 0.05) is 13.3 Å². The highest BCUT2D eigenvalue weighted by Gasteiger charge is 2.22. The van der Waals surface area contributed by atoms with Crippen LogP contribution in [0.3, 0.4) is 0 Å². The summed E-state index contributed by atoms with van der Waals surface area (Å²) in [6.45, 7) is 5.93. The van der Waals surface area contributed by atoms with E-state index in [0.717, 1.165) is 12.0 Å². The number of hydrogen-bond donors (Lipinski definition) is 1. The first-order chi connectivity index (χ1) is 8.10. The van der Waals surface area contributed by atoms with E-state index in [4.69, 9.17) is 4.74 Å². The summed E-state index contributed by atoms with van der Waals surface area (Å²) in [4.78, 5) is 16.2. The molecule has 94 valence electrons. The van der Waals surface area contributed by atoms with Crippen LogP contribution < -0.4 is 5.32 Å². The predicted octanol–water partition coefficient (Wildman–Crippen LogP) is 2.25. The van der Waals surface area contributed by atoms with Crippen molar-refractivity contribution >= 4 is 11.7 Å². The first-order valence-electron chi connectivity index (χ1n) is 5.87. The van der Waals surface area contributed by atoms with Gasteiger partial charge in [0.15, 0.2) is 0 Å². The minimum absolute atomic E-state index is 0.133. The van der Waals surface area contributed by atoms with E-state index in [1.165, 1.54) is 0 Å². The minimum Gasteiger partial charge on any atom is -0.371 e. The number of pyridine rings is 1. The van der Waals surface area contributed by atoms with Gasteiger partial charge in [0.25, 0.3) is 5.91 Å². The van der Waals surface area contributed by atoms with Crippen LogP contribution in [0.4, 0.5) is 5.82 Å². The molecule has 4 heteroatoms. The van der Waals surface area contributed by atoms with Crippen LogP contribution in [-0.2, 0) is 16.0 Å². The van der Waals surface area contributed by atoms with Gasteiger partial charge in [-0.25, -0.2) is 4.98 Å². The smallest absolute Gasteiger partial charge is 0.254 e. The third kappa shape index (κ3) is 3.53. The number of nitrogens with zero attached hydrogens (tertiary/aromatic N) is 1. The zero-order valence-electron chi connectivity index (χ0n) is 10.9. The normalized spacial score (nSPS) is 12.5. The number of aromatic nitrogens is 1. The van der Waals surface area contributed by atoms with Crippen molar-refractivity contribution in [2.45, 2.75) is 33.3 Å². The molecule has 0 aliphatic rings. The third-order valence-electron chi connectivity index (χ3n) is 2.63. The van der Waals surface area contributed by atoms with Crippen LogP contribution in [0, 0.1) is 5.92 Å². The van der Waals surface area contributed by atoms with Crippen molar-refractivity contribution in [3.8, 4) is 0 Å². The Morgan fingerprint density at radius 1 is 1.53 bits per heavy atom. The van der Waals surface area contributed by atoms with Crippen molar-refractivity contribution in [1.29, 1.82) is 0 Å². The number of anilines is 1.